The number of nitrogens with one attached hydrogen (secondary N) is 1. The quantitative estimate of drug-likeness (QED) is 0.0281. The second-order valence-corrected chi connectivity index (χ2v) is 13.8. The lowest BCUT2D eigenvalue weighted by Gasteiger charge is -2.44. The van der Waals surface area contributed by atoms with Crippen LogP contribution >= 0.6 is 23.1 Å². The fourth-order valence-electron chi connectivity index (χ4n) is 5.93. The number of ether oxygens (including phenoxy) is 2. The number of carbonyl (C=O) groups is 3. The number of halogens is 1. The molecular formula is C32H31IN6O10S2. The van der Waals surface area contributed by atoms with Crippen molar-refractivity contribution in [2.45, 2.75) is 43.7 Å². The van der Waals surface area contributed by atoms with E-state index in [-0.39, 0.29) is 60.2 Å². The predicted molar refractivity (Wildman–Crippen MR) is 179 cm³/mol. The number of aryl methyl sites for hydroxylation is 1. The van der Waals surface area contributed by atoms with Gasteiger partial charge in [-0.25, -0.2) is 14.2 Å². The van der Waals surface area contributed by atoms with Gasteiger partial charge < -0.3 is 48.8 Å². The van der Waals surface area contributed by atoms with Crippen LogP contribution in [0.4, 0.5) is 16.2 Å². The number of alkyl carbamates (subject to hydrolysis) is 1. The van der Waals surface area contributed by atoms with E-state index < -0.39 is 40.0 Å². The number of nitro groups is 2. The first-order valence-electron chi connectivity index (χ1n) is 15.3. The van der Waals surface area contributed by atoms with Gasteiger partial charge in [-0.1, -0.05) is 23.1 Å². The van der Waals surface area contributed by atoms with Gasteiger partial charge in [0.15, 0.2) is 0 Å². The van der Waals surface area contributed by atoms with E-state index in [4.69, 9.17) is 9.47 Å². The molecular weight excluding hydrogens is 819 g/mol. The van der Waals surface area contributed by atoms with Crippen LogP contribution in [-0.4, -0.2) is 66.7 Å². The van der Waals surface area contributed by atoms with E-state index in [2.05, 4.69) is 5.32 Å². The van der Waals surface area contributed by atoms with Gasteiger partial charge in [0.1, 0.15) is 25.1 Å². The summed E-state index contributed by atoms with van der Waals surface area (Å²) in [5.41, 5.74) is 1.78. The van der Waals surface area contributed by atoms with Gasteiger partial charge in [0.05, 0.1) is 39.8 Å². The zero-order chi connectivity index (χ0) is 35.7. The monoisotopic (exact) mass is 850 g/mol. The number of benzene rings is 2. The van der Waals surface area contributed by atoms with Crippen LogP contribution in [-0.2, 0) is 39.3 Å². The normalized spacial score (nSPS) is 17.0. The number of hydrogen-bond donors (Lipinski definition) is 2. The van der Waals surface area contributed by atoms with Crippen LogP contribution in [0.2, 0.25) is 0 Å². The van der Waals surface area contributed by atoms with Gasteiger partial charge in [-0.2, -0.15) is 4.40 Å². The molecule has 2 N–H and O–H groups in total. The Morgan fingerprint density at radius 3 is 2.22 bits per heavy atom. The molecule has 1 saturated heterocycles. The minimum absolute atomic E-state index is 0. The summed E-state index contributed by atoms with van der Waals surface area (Å²) in [7, 11) is 1.89. The van der Waals surface area contributed by atoms with Crippen molar-refractivity contribution in [1.82, 2.24) is 14.6 Å². The Hall–Kier alpha value is -4.60. The number of non-ortho nitro benzene ring substituents is 2. The lowest BCUT2D eigenvalue weighted by molar-refractivity contribution is -0.705. The number of β-lactam (4-membered cyclic amide) rings is 1. The molecule has 51 heavy (non-hydrogen) atoms. The molecule has 19 heteroatoms. The first-order chi connectivity index (χ1) is 23.9. The Labute approximate surface area is 315 Å². The number of amides is 2. The second-order valence-electron chi connectivity index (χ2n) is 11.7. The van der Waals surface area contributed by atoms with Crippen molar-refractivity contribution in [3.63, 3.8) is 0 Å². The van der Waals surface area contributed by atoms with Crippen LogP contribution in [0.15, 0.2) is 71.8 Å². The minimum Gasteiger partial charge on any atom is -1.00 e. The van der Waals surface area contributed by atoms with Gasteiger partial charge in [0.2, 0.25) is 22.1 Å². The molecule has 16 nitrogen and oxygen atoms in total. The number of aliphatic hydroxyl groups is 1. The van der Waals surface area contributed by atoms with Gasteiger partial charge in [0, 0.05) is 42.1 Å². The number of imidazole rings is 1. The third kappa shape index (κ3) is 7.85. The lowest BCUT2D eigenvalue weighted by Crippen LogP contribution is -3.00. The first-order valence-corrected chi connectivity index (χ1v) is 17.1. The van der Waals surface area contributed by atoms with E-state index in [1.165, 1.54) is 76.5 Å². The Bertz CT molecular complexity index is 2030. The topological polar surface area (TPSA) is 200 Å². The summed E-state index contributed by atoms with van der Waals surface area (Å²) in [4.78, 5) is 62.7. The van der Waals surface area contributed by atoms with Crippen LogP contribution in [0, 0.1) is 26.1 Å². The van der Waals surface area contributed by atoms with E-state index in [1.807, 2.05) is 28.5 Å². The molecule has 6 rings (SSSR count). The molecule has 2 aromatic carbocycles. The Morgan fingerprint density at radius 2 is 1.65 bits per heavy atom. The number of nitro benzene ring substituents is 2. The smallest absolute Gasteiger partial charge is 0.407 e. The standard InChI is InChI=1S/C32H30N6O10S2.HI/c1-18(39)26-24-13-23(27(36(24)28(26)40)31(41)47-15-19-3-7-21(8-4-19)37(43)44)25-14-35-17-34(2)29(30(35)50-25)49-12-11-33-32(42)48-16-20-5-9-22(10-6-20)38(45)46;/h3-10,14,17-18,24,26,39H,11-13,15-16H2,1-2H3;1H/t18-,24-,26-;/m1./s1. The molecule has 0 unspecified atom stereocenters. The van der Waals surface area contributed by atoms with Crippen molar-refractivity contribution >= 4 is 62.8 Å². The van der Waals surface area contributed by atoms with Gasteiger partial charge in [0.25, 0.3) is 11.4 Å². The van der Waals surface area contributed by atoms with Crippen LogP contribution in [0.1, 0.15) is 29.3 Å². The first kappa shape index (κ1) is 37.7. The number of aromatic nitrogens is 2. The average molecular weight is 851 g/mol. The van der Waals surface area contributed by atoms with Crippen molar-refractivity contribution in [3.8, 4) is 0 Å². The van der Waals surface area contributed by atoms with Gasteiger partial charge >= 0.3 is 12.1 Å². The van der Waals surface area contributed by atoms with Crippen molar-refractivity contribution < 1.29 is 67.4 Å². The number of esters is 1. The number of thiazole rings is 1. The number of aliphatic hydroxyl groups excluding tert-OH is 1. The Morgan fingerprint density at radius 1 is 1.06 bits per heavy atom. The Balaban J connectivity index is 0.00000504. The van der Waals surface area contributed by atoms with E-state index in [9.17, 15) is 39.7 Å². The summed E-state index contributed by atoms with van der Waals surface area (Å²) < 4.78 is 14.7. The Kier molecular flexibility index (Phi) is 11.6. The summed E-state index contributed by atoms with van der Waals surface area (Å²) in [6, 6.07) is 11.0. The molecule has 0 radical (unpaired) electrons. The summed E-state index contributed by atoms with van der Waals surface area (Å²) >= 11 is 2.94. The summed E-state index contributed by atoms with van der Waals surface area (Å²) in [6.07, 6.45) is 2.60. The largest absolute Gasteiger partial charge is 1.00 e. The number of rotatable bonds is 13. The molecule has 4 heterocycles. The molecule has 4 aromatic rings. The average Bonchev–Trinajstić information content (AvgIpc) is 3.73. The molecule has 0 saturated carbocycles. The van der Waals surface area contributed by atoms with Crippen LogP contribution in [0.25, 0.3) is 10.4 Å². The maximum absolute atomic E-state index is 13.5. The lowest BCUT2D eigenvalue weighted by atomic mass is 9.83. The van der Waals surface area contributed by atoms with E-state index >= 15 is 0 Å². The van der Waals surface area contributed by atoms with Crippen LogP contribution in [0.5, 0.6) is 0 Å². The van der Waals surface area contributed by atoms with E-state index in [0.717, 1.165) is 14.7 Å². The number of fused-ring (bicyclic) bond motifs is 2. The highest BCUT2D eigenvalue weighted by molar-refractivity contribution is 7.99. The van der Waals surface area contributed by atoms with Gasteiger partial charge in [-0.05, 0) is 48.7 Å². The van der Waals surface area contributed by atoms with Gasteiger partial charge in [-0.15, -0.1) is 0 Å². The summed E-state index contributed by atoms with van der Waals surface area (Å²) in [6.45, 7) is 1.67. The zero-order valence-corrected chi connectivity index (χ0v) is 30.9. The molecule has 0 spiro atoms. The number of hydrogen-bond acceptors (Lipinski definition) is 12. The van der Waals surface area contributed by atoms with Crippen molar-refractivity contribution in [2.75, 3.05) is 12.3 Å². The molecule has 3 atom stereocenters. The van der Waals surface area contributed by atoms with Crippen LogP contribution in [0.3, 0.4) is 0 Å². The third-order valence-electron chi connectivity index (χ3n) is 8.36. The number of carbonyl (C=O) groups excluding carboxylic acids is 3. The highest BCUT2D eigenvalue weighted by Crippen LogP contribution is 2.48. The fourth-order valence-corrected chi connectivity index (χ4v) is 8.22. The van der Waals surface area contributed by atoms with E-state index in [0.29, 0.717) is 35.4 Å². The molecule has 2 aliphatic rings. The summed E-state index contributed by atoms with van der Waals surface area (Å²) in [5.74, 6) is -1.19. The summed E-state index contributed by atoms with van der Waals surface area (Å²) in [5, 5.41) is 35.7. The molecule has 2 amide bonds. The van der Waals surface area contributed by atoms with E-state index in [1.54, 1.807) is 6.92 Å². The molecule has 268 valence electrons. The molecule has 2 aromatic heterocycles. The number of nitrogens with zero attached hydrogens (tertiary/aromatic N) is 5. The molecule has 0 bridgehead atoms. The van der Waals surface area contributed by atoms with Gasteiger partial charge in [-0.3, -0.25) is 25.0 Å². The van der Waals surface area contributed by atoms with Crippen molar-refractivity contribution in [1.29, 1.82) is 0 Å². The SMILES string of the molecule is C[C@@H](O)[C@H]1C(=O)N2C(C(=O)OCc3ccc([N+](=O)[O-])cc3)=C(c3cn4c[n+](C)c(SCCNC(=O)OCc5ccc([N+](=O)[O-])cc5)c4s3)C[C@H]12.[I-]. The fraction of sp³-hybridized carbons (Fsp3) is 0.312. The second kappa shape index (κ2) is 15.7. The number of thioether (sulfide) groups is 1. The minimum atomic E-state index is -0.894. The third-order valence-corrected chi connectivity index (χ3v) is 10.8. The maximum Gasteiger partial charge on any atom is 0.407 e. The van der Waals surface area contributed by atoms with Crippen molar-refractivity contribution in [3.05, 3.63) is 103 Å². The zero-order valence-electron chi connectivity index (χ0n) is 27.1. The molecule has 1 fully saturated rings. The predicted octanol–water partition coefficient (Wildman–Crippen LogP) is 0.730. The van der Waals surface area contributed by atoms with Crippen LogP contribution < -0.4 is 33.9 Å². The highest BCUT2D eigenvalue weighted by Gasteiger charge is 2.57. The molecule has 2 aliphatic heterocycles. The van der Waals surface area contributed by atoms with Crippen molar-refractivity contribution in [2.24, 2.45) is 13.0 Å². The maximum atomic E-state index is 13.5. The molecule has 0 aliphatic carbocycles. The highest BCUT2D eigenvalue weighted by atomic mass is 127.